The largest absolute Gasteiger partial charge is 0.348 e. The molecule has 1 aromatic rings. The Morgan fingerprint density at radius 1 is 1.22 bits per heavy atom. The first-order valence-corrected chi connectivity index (χ1v) is 11.8. The number of rotatable bonds is 7. The average molecular weight is 395 g/mol. The SMILES string of the molecule is CCSc1nnc([C@@H]2CCC[NH+](CC(=O)N[C@@H]3CCCC[C@@H]3C)C2)n1CC. The molecule has 152 valence electrons. The molecule has 1 aliphatic heterocycles. The molecule has 0 bridgehead atoms. The lowest BCUT2D eigenvalue weighted by Crippen LogP contribution is -3.14. The molecule has 1 saturated carbocycles. The van der Waals surface area contributed by atoms with Crippen LogP contribution in [-0.4, -0.2) is 52.1 Å². The van der Waals surface area contributed by atoms with Crippen molar-refractivity contribution in [3.05, 3.63) is 5.82 Å². The van der Waals surface area contributed by atoms with E-state index in [0.29, 0.717) is 24.4 Å². The van der Waals surface area contributed by atoms with Gasteiger partial charge >= 0.3 is 0 Å². The molecule has 1 unspecified atom stereocenters. The summed E-state index contributed by atoms with van der Waals surface area (Å²) in [4.78, 5) is 14.0. The van der Waals surface area contributed by atoms with E-state index >= 15 is 0 Å². The predicted molar refractivity (Wildman–Crippen MR) is 109 cm³/mol. The van der Waals surface area contributed by atoms with Gasteiger partial charge in [-0.1, -0.05) is 38.5 Å². The lowest BCUT2D eigenvalue weighted by atomic mass is 9.86. The summed E-state index contributed by atoms with van der Waals surface area (Å²) >= 11 is 1.76. The minimum atomic E-state index is 0.226. The van der Waals surface area contributed by atoms with Crippen LogP contribution in [0.4, 0.5) is 0 Å². The third-order valence-corrected chi connectivity index (χ3v) is 7.04. The highest BCUT2D eigenvalue weighted by molar-refractivity contribution is 7.99. The summed E-state index contributed by atoms with van der Waals surface area (Å²) in [6.07, 6.45) is 7.25. The zero-order valence-corrected chi connectivity index (χ0v) is 18.0. The number of aromatic nitrogens is 3. The van der Waals surface area contributed by atoms with Crippen LogP contribution in [0.1, 0.15) is 71.0 Å². The van der Waals surface area contributed by atoms with Crippen molar-refractivity contribution in [3.8, 4) is 0 Å². The van der Waals surface area contributed by atoms with Crippen LogP contribution in [0.3, 0.4) is 0 Å². The zero-order chi connectivity index (χ0) is 19.2. The van der Waals surface area contributed by atoms with Gasteiger partial charge in [0, 0.05) is 12.6 Å². The molecule has 0 spiro atoms. The van der Waals surface area contributed by atoms with E-state index in [2.05, 4.69) is 40.9 Å². The number of nitrogens with zero attached hydrogens (tertiary/aromatic N) is 3. The summed E-state index contributed by atoms with van der Waals surface area (Å²) in [5.74, 6) is 3.38. The highest BCUT2D eigenvalue weighted by Gasteiger charge is 2.31. The molecule has 2 heterocycles. The van der Waals surface area contributed by atoms with Crippen LogP contribution in [0.2, 0.25) is 0 Å². The Morgan fingerprint density at radius 2 is 2.04 bits per heavy atom. The number of piperidine rings is 1. The molecule has 0 aromatic carbocycles. The maximum atomic E-state index is 12.6. The summed E-state index contributed by atoms with van der Waals surface area (Å²) in [6, 6.07) is 0.378. The van der Waals surface area contributed by atoms with Gasteiger partial charge in [-0.15, -0.1) is 10.2 Å². The molecule has 1 aromatic heterocycles. The average Bonchev–Trinajstić information content (AvgIpc) is 3.07. The van der Waals surface area contributed by atoms with E-state index in [1.54, 1.807) is 11.8 Å². The first-order valence-electron chi connectivity index (χ1n) is 10.8. The Balaban J connectivity index is 1.57. The van der Waals surface area contributed by atoms with Crippen LogP contribution >= 0.6 is 11.8 Å². The van der Waals surface area contributed by atoms with Crippen molar-refractivity contribution < 1.29 is 9.69 Å². The second-order valence-electron chi connectivity index (χ2n) is 8.17. The van der Waals surface area contributed by atoms with Gasteiger partial charge in [-0.2, -0.15) is 0 Å². The molecule has 0 radical (unpaired) electrons. The maximum Gasteiger partial charge on any atom is 0.275 e. The summed E-state index contributed by atoms with van der Waals surface area (Å²) in [5.41, 5.74) is 0. The predicted octanol–water partition coefficient (Wildman–Crippen LogP) is 1.87. The van der Waals surface area contributed by atoms with Crippen molar-refractivity contribution in [1.82, 2.24) is 20.1 Å². The number of thioether (sulfide) groups is 1. The molecular formula is C20H36N5OS+. The van der Waals surface area contributed by atoms with Gasteiger partial charge in [0.05, 0.1) is 19.0 Å². The van der Waals surface area contributed by atoms with Gasteiger partial charge in [0.2, 0.25) is 0 Å². The number of hydrogen-bond donors (Lipinski definition) is 2. The molecule has 7 heteroatoms. The number of carbonyl (C=O) groups excluding carboxylic acids is 1. The van der Waals surface area contributed by atoms with E-state index in [0.717, 1.165) is 55.6 Å². The molecule has 1 amide bonds. The summed E-state index contributed by atoms with van der Waals surface area (Å²) in [7, 11) is 0. The quantitative estimate of drug-likeness (QED) is 0.693. The Morgan fingerprint density at radius 3 is 2.78 bits per heavy atom. The molecule has 2 N–H and O–H groups in total. The van der Waals surface area contributed by atoms with Crippen LogP contribution in [0.25, 0.3) is 0 Å². The Bertz CT molecular complexity index is 620. The van der Waals surface area contributed by atoms with Crippen molar-refractivity contribution >= 4 is 17.7 Å². The molecule has 3 rings (SSSR count). The number of amides is 1. The molecule has 4 atom stereocenters. The monoisotopic (exact) mass is 394 g/mol. The van der Waals surface area contributed by atoms with Gasteiger partial charge in [-0.25, -0.2) is 0 Å². The third kappa shape index (κ3) is 5.25. The van der Waals surface area contributed by atoms with Crippen molar-refractivity contribution in [2.24, 2.45) is 5.92 Å². The van der Waals surface area contributed by atoms with Gasteiger partial charge in [-0.3, -0.25) is 4.79 Å². The summed E-state index contributed by atoms with van der Waals surface area (Å²) in [6.45, 7) is 10.2. The lowest BCUT2D eigenvalue weighted by molar-refractivity contribution is -0.898. The van der Waals surface area contributed by atoms with Crippen molar-refractivity contribution in [2.75, 3.05) is 25.4 Å². The lowest BCUT2D eigenvalue weighted by Gasteiger charge is -2.32. The van der Waals surface area contributed by atoms with E-state index in [1.165, 1.54) is 24.2 Å². The Labute approximate surface area is 167 Å². The van der Waals surface area contributed by atoms with Crippen LogP contribution in [-0.2, 0) is 11.3 Å². The zero-order valence-electron chi connectivity index (χ0n) is 17.2. The van der Waals surface area contributed by atoms with E-state index in [1.807, 2.05) is 0 Å². The van der Waals surface area contributed by atoms with Gasteiger partial charge in [0.15, 0.2) is 11.7 Å². The smallest absolute Gasteiger partial charge is 0.275 e. The molecule has 1 aliphatic carbocycles. The molecule has 2 fully saturated rings. The number of nitrogens with one attached hydrogen (secondary N) is 2. The van der Waals surface area contributed by atoms with Gasteiger partial charge in [0.1, 0.15) is 5.82 Å². The Kier molecular flexibility index (Phi) is 7.58. The van der Waals surface area contributed by atoms with E-state index in [4.69, 9.17) is 0 Å². The fourth-order valence-corrected chi connectivity index (χ4v) is 5.42. The first kappa shape index (κ1) is 20.6. The highest BCUT2D eigenvalue weighted by atomic mass is 32.2. The fraction of sp³-hybridized carbons (Fsp3) is 0.850. The standard InChI is InChI=1S/C20H35N5OS/c1-4-25-19(22-23-20(25)27-5-2)16-10-8-12-24(13-16)14-18(26)21-17-11-7-6-9-15(17)3/h15-17H,4-14H2,1-3H3,(H,21,26)/p+1/t15-,16+,17+/m0/s1. The van der Waals surface area contributed by atoms with E-state index in [-0.39, 0.29) is 5.91 Å². The minimum Gasteiger partial charge on any atom is -0.348 e. The van der Waals surface area contributed by atoms with Crippen molar-refractivity contribution in [3.63, 3.8) is 0 Å². The third-order valence-electron chi connectivity index (χ3n) is 6.19. The molecular weight excluding hydrogens is 358 g/mol. The van der Waals surface area contributed by atoms with Gasteiger partial charge in [0.25, 0.3) is 5.91 Å². The first-order chi connectivity index (χ1) is 13.1. The number of hydrogen-bond acceptors (Lipinski definition) is 4. The number of quaternary nitrogens is 1. The second kappa shape index (κ2) is 9.92. The van der Waals surface area contributed by atoms with Crippen LogP contribution in [0, 0.1) is 5.92 Å². The van der Waals surface area contributed by atoms with E-state index in [9.17, 15) is 4.79 Å². The number of carbonyl (C=O) groups is 1. The molecule has 2 aliphatic rings. The second-order valence-corrected chi connectivity index (χ2v) is 9.41. The van der Waals surface area contributed by atoms with Gasteiger partial charge in [-0.05, 0) is 44.3 Å². The summed E-state index contributed by atoms with van der Waals surface area (Å²) < 4.78 is 2.27. The highest BCUT2D eigenvalue weighted by Crippen LogP contribution is 2.25. The maximum absolute atomic E-state index is 12.6. The minimum absolute atomic E-state index is 0.226. The van der Waals surface area contributed by atoms with Crippen LogP contribution in [0.15, 0.2) is 5.16 Å². The van der Waals surface area contributed by atoms with E-state index < -0.39 is 0 Å². The van der Waals surface area contributed by atoms with Crippen molar-refractivity contribution in [2.45, 2.75) is 83.0 Å². The van der Waals surface area contributed by atoms with Gasteiger partial charge < -0.3 is 14.8 Å². The number of likely N-dealkylation sites (tertiary alicyclic amines) is 1. The normalized spacial score (nSPS) is 28.9. The molecule has 27 heavy (non-hydrogen) atoms. The van der Waals surface area contributed by atoms with Crippen LogP contribution < -0.4 is 10.2 Å². The summed E-state index contributed by atoms with van der Waals surface area (Å²) in [5, 5.41) is 13.3. The Hall–Kier alpha value is -1.08. The molecule has 1 saturated heterocycles. The van der Waals surface area contributed by atoms with Crippen LogP contribution in [0.5, 0.6) is 0 Å². The molecule has 6 nitrogen and oxygen atoms in total. The topological polar surface area (TPSA) is 64.2 Å². The fourth-order valence-electron chi connectivity index (χ4n) is 4.68. The van der Waals surface area contributed by atoms with Crippen molar-refractivity contribution in [1.29, 1.82) is 0 Å².